The van der Waals surface area contributed by atoms with E-state index in [4.69, 9.17) is 8.83 Å². The van der Waals surface area contributed by atoms with Gasteiger partial charge in [-0.15, -0.1) is 0 Å². The average Bonchev–Trinajstić information content (AvgIpc) is 2.51. The van der Waals surface area contributed by atoms with E-state index in [9.17, 15) is 0 Å². The van der Waals surface area contributed by atoms with Crippen LogP contribution in [0.3, 0.4) is 0 Å². The minimum absolute atomic E-state index is 0.418. The fourth-order valence-corrected chi connectivity index (χ4v) is 13.3. The summed E-state index contributed by atoms with van der Waals surface area (Å²) in [4.78, 5) is 4.80. The fraction of sp³-hybridized carbons (Fsp3) is 0.0390. The summed E-state index contributed by atoms with van der Waals surface area (Å²) >= 11 is 0. The lowest BCUT2D eigenvalue weighted by molar-refractivity contribution is 0.645. The maximum atomic E-state index is 7.12. The molecule has 0 saturated heterocycles. The van der Waals surface area contributed by atoms with Crippen LogP contribution in [0.2, 0.25) is 0 Å². The maximum absolute atomic E-state index is 7.12. The van der Waals surface area contributed by atoms with Gasteiger partial charge >= 0.3 is 0 Å². The van der Waals surface area contributed by atoms with Crippen LogP contribution in [0.4, 0.5) is 34.1 Å². The Balaban J connectivity index is 0.932. The van der Waals surface area contributed by atoms with E-state index in [-0.39, 0.29) is 0 Å². The second-order valence-corrected chi connectivity index (χ2v) is 21.9. The van der Waals surface area contributed by atoms with Crippen molar-refractivity contribution in [1.82, 2.24) is 0 Å². The highest BCUT2D eigenvalue weighted by Gasteiger charge is 2.37. The number of anilines is 6. The molecule has 0 saturated carbocycles. The van der Waals surface area contributed by atoms with E-state index < -0.39 is 5.41 Å². The van der Waals surface area contributed by atoms with Crippen molar-refractivity contribution in [1.29, 1.82) is 0 Å². The quantitative estimate of drug-likeness (QED) is 0.135. The molecule has 1 aliphatic rings. The first kappa shape index (κ1) is 46.7. The van der Waals surface area contributed by atoms with Gasteiger partial charge in [0, 0.05) is 55.1 Å². The number of furan rings is 2. The Bertz CT molecular complexity index is 4960. The van der Waals surface area contributed by atoms with E-state index in [2.05, 4.69) is 297 Å². The van der Waals surface area contributed by atoms with Crippen molar-refractivity contribution in [3.05, 3.63) is 290 Å². The Morgan fingerprint density at radius 1 is 0.284 bits per heavy atom. The summed E-state index contributed by atoms with van der Waals surface area (Å²) in [5.41, 5.74) is 21.1. The number of hydrogen-bond donors (Lipinski definition) is 0. The number of hydrogen-bond acceptors (Lipinski definition) is 4. The standard InChI is InChI=1S/C77H52N2O2/c1-77(2)65-38-20-34-58-64-47-53(78(52-29-13-6-14-30-52)68-40-22-37-62-61-35-19-33-56(74(61)81-76(62)68)50-25-9-4-10-26-50)43-45-59(64)71(51-27-11-5-12-28-51)73(72(58)65)63-46-44-54(48-66(63)77)79(67-39-17-15-31-55(67)49-23-7-3-8-24-49)69-41-21-36-60-57-32-16-18-42-70(57)80-75(60)69/h3-48H,1-2H3. The van der Waals surface area contributed by atoms with E-state index in [0.717, 1.165) is 100 Å². The van der Waals surface area contributed by atoms with Crippen LogP contribution < -0.4 is 9.80 Å². The van der Waals surface area contributed by atoms with E-state index in [1.807, 2.05) is 6.07 Å². The molecule has 2 heterocycles. The summed E-state index contributed by atoms with van der Waals surface area (Å²) in [5.74, 6) is 0. The Hall–Kier alpha value is -10.4. The van der Waals surface area contributed by atoms with E-state index in [1.165, 1.54) is 54.9 Å². The number of benzene rings is 13. The van der Waals surface area contributed by atoms with Gasteiger partial charge in [-0.1, -0.05) is 232 Å². The van der Waals surface area contributed by atoms with Crippen molar-refractivity contribution in [2.75, 3.05) is 9.80 Å². The van der Waals surface area contributed by atoms with Gasteiger partial charge in [-0.2, -0.15) is 0 Å². The summed E-state index contributed by atoms with van der Waals surface area (Å²) in [7, 11) is 0. The Labute approximate surface area is 469 Å². The number of fused-ring (bicyclic) bond motifs is 10. The van der Waals surface area contributed by atoms with Gasteiger partial charge in [0.15, 0.2) is 11.2 Å². The molecular formula is C77H52N2O2. The highest BCUT2D eigenvalue weighted by atomic mass is 16.3. The predicted molar refractivity (Wildman–Crippen MR) is 339 cm³/mol. The molecule has 0 atom stereocenters. The third-order valence-electron chi connectivity index (χ3n) is 17.0. The zero-order valence-electron chi connectivity index (χ0n) is 44.8. The van der Waals surface area contributed by atoms with Gasteiger partial charge in [0.05, 0.1) is 17.1 Å². The molecule has 0 N–H and O–H groups in total. The van der Waals surface area contributed by atoms with Crippen molar-refractivity contribution >= 4 is 99.5 Å². The van der Waals surface area contributed by atoms with E-state index in [0.29, 0.717) is 0 Å². The lowest BCUT2D eigenvalue weighted by Gasteiger charge is -2.38. The van der Waals surface area contributed by atoms with Crippen LogP contribution in [0.25, 0.3) is 110 Å². The number of rotatable bonds is 9. The highest BCUT2D eigenvalue weighted by molar-refractivity contribution is 6.25. The minimum Gasteiger partial charge on any atom is -0.454 e. The van der Waals surface area contributed by atoms with Crippen LogP contribution in [0.1, 0.15) is 25.0 Å². The van der Waals surface area contributed by atoms with Crippen molar-refractivity contribution in [3.63, 3.8) is 0 Å². The summed E-state index contributed by atoms with van der Waals surface area (Å²) < 4.78 is 14.0. The molecule has 0 unspecified atom stereocenters. The van der Waals surface area contributed by atoms with Gasteiger partial charge in [-0.25, -0.2) is 0 Å². The summed E-state index contributed by atoms with van der Waals surface area (Å²) in [5, 5.41) is 9.24. The van der Waals surface area contributed by atoms with Crippen LogP contribution in [0.15, 0.2) is 288 Å². The van der Waals surface area contributed by atoms with Crippen molar-refractivity contribution in [2.24, 2.45) is 0 Å². The topological polar surface area (TPSA) is 32.8 Å². The summed E-state index contributed by atoms with van der Waals surface area (Å²) in [6.07, 6.45) is 0. The van der Waals surface area contributed by atoms with Crippen LogP contribution >= 0.6 is 0 Å². The van der Waals surface area contributed by atoms with Gasteiger partial charge in [0.25, 0.3) is 0 Å². The lowest BCUT2D eigenvalue weighted by Crippen LogP contribution is -2.25. The molecule has 0 amide bonds. The molecule has 0 spiro atoms. The first-order valence-electron chi connectivity index (χ1n) is 27.9. The molecule has 0 fully saturated rings. The minimum atomic E-state index is -0.418. The van der Waals surface area contributed by atoms with Crippen molar-refractivity contribution < 1.29 is 8.83 Å². The molecule has 15 aromatic rings. The molecule has 13 aromatic carbocycles. The zero-order valence-corrected chi connectivity index (χ0v) is 44.8. The van der Waals surface area contributed by atoms with E-state index >= 15 is 0 Å². The normalized spacial score (nSPS) is 12.7. The molecule has 1 aliphatic carbocycles. The second kappa shape index (κ2) is 18.3. The van der Waals surface area contributed by atoms with Gasteiger partial charge < -0.3 is 18.6 Å². The molecule has 0 radical (unpaired) electrons. The zero-order chi connectivity index (χ0) is 53.8. The predicted octanol–water partition coefficient (Wildman–Crippen LogP) is 22.0. The Morgan fingerprint density at radius 2 is 0.802 bits per heavy atom. The van der Waals surface area contributed by atoms with Crippen LogP contribution in [0.5, 0.6) is 0 Å². The van der Waals surface area contributed by atoms with Crippen LogP contribution in [-0.2, 0) is 5.41 Å². The average molecular weight is 1040 g/mol. The highest BCUT2D eigenvalue weighted by Crippen LogP contribution is 2.57. The second-order valence-electron chi connectivity index (χ2n) is 21.9. The molecule has 4 nitrogen and oxygen atoms in total. The van der Waals surface area contributed by atoms with Gasteiger partial charge in [-0.05, 0) is 127 Å². The van der Waals surface area contributed by atoms with Crippen LogP contribution in [0, 0.1) is 0 Å². The van der Waals surface area contributed by atoms with Crippen molar-refractivity contribution in [2.45, 2.75) is 19.3 Å². The smallest absolute Gasteiger partial charge is 0.159 e. The largest absolute Gasteiger partial charge is 0.454 e. The first-order valence-corrected chi connectivity index (χ1v) is 27.9. The molecule has 2 aromatic heterocycles. The lowest BCUT2D eigenvalue weighted by atomic mass is 9.66. The van der Waals surface area contributed by atoms with Crippen LogP contribution in [-0.4, -0.2) is 0 Å². The van der Waals surface area contributed by atoms with Gasteiger partial charge in [-0.3, -0.25) is 0 Å². The van der Waals surface area contributed by atoms with Gasteiger partial charge in [0.2, 0.25) is 0 Å². The SMILES string of the molecule is CC1(C)c2cc(N(c3ccccc3-c3ccccc3)c3cccc4c3oc3ccccc34)ccc2-c2c(-c3ccccc3)c3ccc(N(c4ccccc4)c4cccc5c4oc4c(-c6ccccc6)cccc45)cc3c3cccc1c23. The summed E-state index contributed by atoms with van der Waals surface area (Å²) in [6, 6.07) is 101. The van der Waals surface area contributed by atoms with Gasteiger partial charge in [0.1, 0.15) is 11.2 Å². The monoisotopic (exact) mass is 1040 g/mol. The van der Waals surface area contributed by atoms with E-state index in [1.54, 1.807) is 0 Å². The molecule has 0 aliphatic heterocycles. The maximum Gasteiger partial charge on any atom is 0.159 e. The molecule has 0 bridgehead atoms. The molecule has 81 heavy (non-hydrogen) atoms. The summed E-state index contributed by atoms with van der Waals surface area (Å²) in [6.45, 7) is 4.82. The fourth-order valence-electron chi connectivity index (χ4n) is 13.3. The molecule has 16 rings (SSSR count). The third-order valence-corrected chi connectivity index (χ3v) is 17.0. The molecule has 4 heteroatoms. The van der Waals surface area contributed by atoms with Crippen molar-refractivity contribution in [3.8, 4) is 44.5 Å². The molecule has 382 valence electrons. The number of para-hydroxylation sites is 6. The number of nitrogens with zero attached hydrogens (tertiary/aromatic N) is 2. The molecular weight excluding hydrogens is 985 g/mol. The first-order chi connectivity index (χ1) is 40.0. The Kier molecular flexibility index (Phi) is 10.6. The third kappa shape index (κ3) is 7.23. The Morgan fingerprint density at radius 3 is 1.56 bits per heavy atom.